The molecule has 11 N–H and O–H groups in total. The molecular formula is C19H23N8O6+. The maximum Gasteiger partial charge on any atom is 0.326 e. The Bertz CT molecular complexity index is 1230. The predicted octanol–water partition coefficient (Wildman–Crippen LogP) is 0.331. The fraction of sp³-hybridized carbons (Fsp3) is 0.211. The average Bonchev–Trinajstić information content (AvgIpc) is 2.75. The van der Waals surface area contributed by atoms with Crippen LogP contribution in [0.4, 0.5) is 11.6 Å². The summed E-state index contributed by atoms with van der Waals surface area (Å²) in [7, 11) is 0. The third kappa shape index (κ3) is 6.44. The van der Waals surface area contributed by atoms with Crippen molar-refractivity contribution >= 4 is 40.6 Å². The van der Waals surface area contributed by atoms with E-state index in [9.17, 15) is 19.2 Å². The van der Waals surface area contributed by atoms with E-state index in [0.29, 0.717) is 11.4 Å². The van der Waals surface area contributed by atoms with Gasteiger partial charge in [-0.15, -0.1) is 0 Å². The first-order valence-corrected chi connectivity index (χ1v) is 9.33. The number of carbonyl (C=O) groups is 3. The van der Waals surface area contributed by atoms with Crippen LogP contribution < -0.4 is 28.1 Å². The van der Waals surface area contributed by atoms with E-state index in [1.807, 2.05) is 0 Å². The van der Waals surface area contributed by atoms with E-state index >= 15 is 0 Å². The lowest BCUT2D eigenvalue weighted by Crippen LogP contribution is -2.41. The van der Waals surface area contributed by atoms with Crippen molar-refractivity contribution in [1.29, 1.82) is 0 Å². The highest BCUT2D eigenvalue weighted by atomic mass is 16.4. The number of amides is 1. The molecule has 33 heavy (non-hydrogen) atoms. The van der Waals surface area contributed by atoms with E-state index in [-0.39, 0.29) is 48.2 Å². The number of carbonyl (C=O) groups excluding carboxylic acids is 1. The maximum atomic E-state index is 12.3. The number of aliphatic carboxylic acids is 2. The minimum absolute atomic E-state index is 0. The normalized spacial score (nSPS) is 11.3. The molecule has 3 aromatic rings. The number of nitrogens with two attached hydrogens (primary N) is 1. The molecule has 0 bridgehead atoms. The smallest absolute Gasteiger partial charge is 0.326 e. The molecule has 174 valence electrons. The number of carboxylic acids is 2. The van der Waals surface area contributed by atoms with E-state index < -0.39 is 29.4 Å². The van der Waals surface area contributed by atoms with Crippen LogP contribution >= 0.6 is 0 Å². The topological polar surface area (TPSA) is 250 Å². The zero-order chi connectivity index (χ0) is 23.3. The Balaban J connectivity index is 0.00000385. The van der Waals surface area contributed by atoms with E-state index in [2.05, 4.69) is 30.6 Å². The summed E-state index contributed by atoms with van der Waals surface area (Å²) >= 11 is 0. The van der Waals surface area contributed by atoms with Crippen LogP contribution in [-0.2, 0) is 16.1 Å². The summed E-state index contributed by atoms with van der Waals surface area (Å²) in [5, 5.41) is 23.2. The fourth-order valence-corrected chi connectivity index (χ4v) is 2.75. The molecule has 2 heterocycles. The summed E-state index contributed by atoms with van der Waals surface area (Å²) in [5.41, 5.74) is 6.47. The number of quaternary nitrogens is 1. The number of anilines is 2. The first-order chi connectivity index (χ1) is 15.2. The predicted molar refractivity (Wildman–Crippen MR) is 118 cm³/mol. The summed E-state index contributed by atoms with van der Waals surface area (Å²) in [4.78, 5) is 60.6. The molecule has 0 radical (unpaired) electrons. The van der Waals surface area contributed by atoms with Gasteiger partial charge < -0.3 is 32.7 Å². The first-order valence-electron chi connectivity index (χ1n) is 9.33. The second-order valence-electron chi connectivity index (χ2n) is 6.71. The lowest BCUT2D eigenvalue weighted by Gasteiger charge is -2.14. The summed E-state index contributed by atoms with van der Waals surface area (Å²) in [6.07, 6.45) is 0.840. The number of nitrogen functional groups attached to an aromatic ring is 1. The number of hydrogen-bond acceptors (Lipinski definition) is 9. The Morgan fingerprint density at radius 2 is 1.82 bits per heavy atom. The second kappa shape index (κ2) is 10.6. The summed E-state index contributed by atoms with van der Waals surface area (Å²) < 4.78 is 0. The number of carboxylic acid groups (broad SMARTS) is 2. The Morgan fingerprint density at radius 1 is 1.12 bits per heavy atom. The third-order valence-corrected chi connectivity index (χ3v) is 4.36. The summed E-state index contributed by atoms with van der Waals surface area (Å²) in [6.45, 7) is 0.231. The Morgan fingerprint density at radius 3 is 2.45 bits per heavy atom. The number of nitrogens with zero attached hydrogens (tertiary/aromatic N) is 3. The van der Waals surface area contributed by atoms with Crippen molar-refractivity contribution in [3.8, 4) is 0 Å². The van der Waals surface area contributed by atoms with Crippen LogP contribution in [0.5, 0.6) is 0 Å². The quantitative estimate of drug-likeness (QED) is 0.229. The minimum atomic E-state index is -1.31. The highest BCUT2D eigenvalue weighted by Gasteiger charge is 2.21. The van der Waals surface area contributed by atoms with Crippen LogP contribution in [0, 0.1) is 0 Å². The van der Waals surface area contributed by atoms with E-state index in [0.717, 1.165) is 0 Å². The Kier molecular flexibility index (Phi) is 7.95. The van der Waals surface area contributed by atoms with Gasteiger partial charge >= 0.3 is 11.9 Å². The van der Waals surface area contributed by atoms with Crippen molar-refractivity contribution in [3.63, 3.8) is 0 Å². The molecular weight excluding hydrogens is 436 g/mol. The number of aromatic amines is 1. The summed E-state index contributed by atoms with van der Waals surface area (Å²) in [5.74, 6) is -3.16. The fourth-order valence-electron chi connectivity index (χ4n) is 2.75. The Labute approximate surface area is 185 Å². The van der Waals surface area contributed by atoms with Gasteiger partial charge in [0.2, 0.25) is 5.95 Å². The van der Waals surface area contributed by atoms with Gasteiger partial charge in [-0.1, -0.05) is 0 Å². The molecule has 0 saturated heterocycles. The van der Waals surface area contributed by atoms with Gasteiger partial charge in [0, 0.05) is 17.7 Å². The third-order valence-electron chi connectivity index (χ3n) is 4.36. The van der Waals surface area contributed by atoms with Crippen LogP contribution in [0.1, 0.15) is 28.9 Å². The van der Waals surface area contributed by atoms with Crippen molar-refractivity contribution in [1.82, 2.24) is 31.4 Å². The van der Waals surface area contributed by atoms with Crippen molar-refractivity contribution in [2.75, 3.05) is 11.1 Å². The molecule has 0 spiro atoms. The number of aromatic nitrogens is 4. The van der Waals surface area contributed by atoms with Gasteiger partial charge in [-0.05, 0) is 30.7 Å². The molecule has 0 aliphatic heterocycles. The van der Waals surface area contributed by atoms with Crippen LogP contribution in [-0.4, -0.2) is 54.0 Å². The van der Waals surface area contributed by atoms with Crippen molar-refractivity contribution in [3.05, 3.63) is 52.1 Å². The second-order valence-corrected chi connectivity index (χ2v) is 6.71. The highest BCUT2D eigenvalue weighted by molar-refractivity contribution is 5.96. The molecule has 14 heteroatoms. The zero-order valence-corrected chi connectivity index (χ0v) is 17.5. The van der Waals surface area contributed by atoms with Crippen molar-refractivity contribution in [2.45, 2.75) is 25.4 Å². The Hall–Kier alpha value is -4.59. The van der Waals surface area contributed by atoms with Crippen molar-refractivity contribution in [2.24, 2.45) is 0 Å². The molecule has 0 aliphatic carbocycles. The van der Waals surface area contributed by atoms with Gasteiger partial charge in [0.05, 0.1) is 18.4 Å². The number of H-pyrrole nitrogens is 1. The molecule has 1 aromatic carbocycles. The number of benzene rings is 1. The van der Waals surface area contributed by atoms with Gasteiger partial charge in [-0.25, -0.2) is 14.8 Å². The number of fused-ring (bicyclic) bond motifs is 1. The van der Waals surface area contributed by atoms with E-state index in [1.54, 1.807) is 12.1 Å². The monoisotopic (exact) mass is 459 g/mol. The molecule has 1 atom stereocenters. The van der Waals surface area contributed by atoms with Gasteiger partial charge in [-0.3, -0.25) is 19.4 Å². The standard InChI is InChI=1S/C19H19N7O6.H3N/c20-19-25-15-14(17(30)26-19)23-11(8-22-15)7-21-10-3-1-9(2-4-10)16(29)24-12(18(31)32)5-6-13(27)28;/h1-4,8,12,21H,5-7H2,(H,24,29)(H,27,28)(H,31,32)(H3,20,22,25,26,30);1H3/p+1/t12-;/m0./s1. The van der Waals surface area contributed by atoms with E-state index in [1.165, 1.54) is 18.3 Å². The van der Waals surface area contributed by atoms with Crippen molar-refractivity contribution < 1.29 is 24.6 Å². The summed E-state index contributed by atoms with van der Waals surface area (Å²) in [6, 6.07) is 4.86. The SMILES string of the molecule is Nc1nc2ncc(CNc3ccc(C(=O)N[C@@H](CCC(=O)O)C(=O)O)cc3)nc2c(=O)[nH]1.[NH4+]. The average molecular weight is 459 g/mol. The zero-order valence-electron chi connectivity index (χ0n) is 17.5. The lowest BCUT2D eigenvalue weighted by molar-refractivity contribution is -0.140. The van der Waals surface area contributed by atoms with Crippen LogP contribution in [0.25, 0.3) is 11.2 Å². The van der Waals surface area contributed by atoms with Gasteiger partial charge in [-0.2, -0.15) is 4.98 Å². The molecule has 2 aromatic heterocycles. The first kappa shape index (κ1) is 24.7. The number of hydrogen-bond donors (Lipinski definition) is 7. The molecule has 14 nitrogen and oxygen atoms in total. The van der Waals surface area contributed by atoms with Crippen LogP contribution in [0.15, 0.2) is 35.3 Å². The largest absolute Gasteiger partial charge is 0.481 e. The lowest BCUT2D eigenvalue weighted by atomic mass is 10.1. The van der Waals surface area contributed by atoms with Gasteiger partial charge in [0.25, 0.3) is 11.5 Å². The molecule has 0 fully saturated rings. The van der Waals surface area contributed by atoms with E-state index in [4.69, 9.17) is 15.9 Å². The highest BCUT2D eigenvalue weighted by Crippen LogP contribution is 2.12. The maximum absolute atomic E-state index is 12.3. The van der Waals surface area contributed by atoms with Crippen LogP contribution in [0.2, 0.25) is 0 Å². The van der Waals surface area contributed by atoms with Gasteiger partial charge in [0.1, 0.15) is 6.04 Å². The molecule has 1 amide bonds. The number of nitrogens with one attached hydrogen (secondary N) is 3. The molecule has 0 unspecified atom stereocenters. The molecule has 0 saturated carbocycles. The molecule has 3 rings (SSSR count). The van der Waals surface area contributed by atoms with Gasteiger partial charge in [0.15, 0.2) is 11.2 Å². The molecule has 0 aliphatic rings. The van der Waals surface area contributed by atoms with Crippen LogP contribution in [0.3, 0.4) is 0 Å². The minimum Gasteiger partial charge on any atom is -0.481 e. The number of rotatable bonds is 9.